The number of nitrogens with two attached hydrogens (primary N) is 1. The molecular weight excluding hydrogens is 204 g/mol. The Labute approximate surface area is 82.1 Å². The molecule has 78 valence electrons. The lowest BCUT2D eigenvalue weighted by Gasteiger charge is -1.98. The third kappa shape index (κ3) is 2.84. The number of rotatable bonds is 4. The van der Waals surface area contributed by atoms with Gasteiger partial charge in [-0.05, 0) is 0 Å². The molecule has 0 aliphatic carbocycles. The summed E-state index contributed by atoms with van der Waals surface area (Å²) in [6.07, 6.45) is 4.21. The van der Waals surface area contributed by atoms with Crippen LogP contribution in [0.15, 0.2) is 17.3 Å². The van der Waals surface area contributed by atoms with E-state index >= 15 is 0 Å². The van der Waals surface area contributed by atoms with Gasteiger partial charge in [-0.3, -0.25) is 10.1 Å². The van der Waals surface area contributed by atoms with Crippen molar-refractivity contribution in [2.45, 2.75) is 17.9 Å². The number of hydrogen-bond donors (Lipinski definition) is 2. The van der Waals surface area contributed by atoms with Gasteiger partial charge in [0.25, 0.3) is 0 Å². The number of hydrogen-bond acceptors (Lipinski definition) is 4. The van der Waals surface area contributed by atoms with E-state index in [4.69, 9.17) is 11.1 Å². The van der Waals surface area contributed by atoms with E-state index in [0.717, 1.165) is 6.26 Å². The van der Waals surface area contributed by atoms with Crippen LogP contribution in [-0.4, -0.2) is 30.3 Å². The molecule has 0 atom stereocenters. The molecule has 0 saturated carbocycles. The molecule has 0 fully saturated rings. The number of aromatic nitrogens is 2. The van der Waals surface area contributed by atoms with E-state index in [1.54, 1.807) is 0 Å². The van der Waals surface area contributed by atoms with Gasteiger partial charge in [0.2, 0.25) is 0 Å². The average molecular weight is 216 g/mol. The topological polar surface area (TPSA) is 102 Å². The SMILES string of the molecule is CS(=O)(=O)c1cnn(CCC(=N)N)c1. The van der Waals surface area contributed by atoms with Gasteiger partial charge in [0.15, 0.2) is 9.84 Å². The fourth-order valence-corrected chi connectivity index (χ4v) is 1.45. The average Bonchev–Trinajstić information content (AvgIpc) is 2.47. The summed E-state index contributed by atoms with van der Waals surface area (Å²) in [7, 11) is -3.19. The molecule has 3 N–H and O–H groups in total. The summed E-state index contributed by atoms with van der Waals surface area (Å²) in [5, 5.41) is 10.8. The highest BCUT2D eigenvalue weighted by molar-refractivity contribution is 7.90. The second-order valence-corrected chi connectivity index (χ2v) is 5.00. The van der Waals surface area contributed by atoms with Crippen LogP contribution in [0, 0.1) is 5.41 Å². The van der Waals surface area contributed by atoms with Gasteiger partial charge in [0, 0.05) is 25.4 Å². The van der Waals surface area contributed by atoms with Crippen LogP contribution in [0.2, 0.25) is 0 Å². The first kappa shape index (κ1) is 10.7. The highest BCUT2D eigenvalue weighted by Crippen LogP contribution is 2.06. The van der Waals surface area contributed by atoms with Crippen molar-refractivity contribution in [3.63, 3.8) is 0 Å². The van der Waals surface area contributed by atoms with Crippen molar-refractivity contribution in [1.29, 1.82) is 5.41 Å². The lowest BCUT2D eigenvalue weighted by Crippen LogP contribution is -2.13. The first-order chi connectivity index (χ1) is 6.39. The largest absolute Gasteiger partial charge is 0.388 e. The number of aryl methyl sites for hydroxylation is 1. The summed E-state index contributed by atoms with van der Waals surface area (Å²) in [6.45, 7) is 0.421. The van der Waals surface area contributed by atoms with Gasteiger partial charge in [-0.2, -0.15) is 5.10 Å². The molecular formula is C7H12N4O2S. The lowest BCUT2D eigenvalue weighted by atomic mass is 10.4. The van der Waals surface area contributed by atoms with E-state index in [1.165, 1.54) is 17.1 Å². The van der Waals surface area contributed by atoms with Crippen LogP contribution in [0.3, 0.4) is 0 Å². The molecule has 0 aliphatic heterocycles. The molecule has 0 bridgehead atoms. The fraction of sp³-hybridized carbons (Fsp3) is 0.429. The van der Waals surface area contributed by atoms with Crippen LogP contribution in [0.25, 0.3) is 0 Å². The Hall–Kier alpha value is -1.37. The minimum Gasteiger partial charge on any atom is -0.388 e. The lowest BCUT2D eigenvalue weighted by molar-refractivity contribution is 0.600. The quantitative estimate of drug-likeness (QED) is 0.528. The van der Waals surface area contributed by atoms with E-state index in [-0.39, 0.29) is 10.7 Å². The predicted octanol–water partition coefficient (Wildman–Crippen LogP) is -0.387. The summed E-state index contributed by atoms with van der Waals surface area (Å²) in [5.41, 5.74) is 5.16. The second-order valence-electron chi connectivity index (χ2n) is 2.99. The van der Waals surface area contributed by atoms with Gasteiger partial charge in [-0.25, -0.2) is 8.42 Å². The summed E-state index contributed by atoms with van der Waals surface area (Å²) < 4.78 is 23.6. The summed E-state index contributed by atoms with van der Waals surface area (Å²) in [5.74, 6) is 0.0569. The van der Waals surface area contributed by atoms with Crippen LogP contribution >= 0.6 is 0 Å². The van der Waals surface area contributed by atoms with E-state index in [2.05, 4.69) is 5.10 Å². The Morgan fingerprint density at radius 3 is 2.79 bits per heavy atom. The van der Waals surface area contributed by atoms with E-state index in [0.29, 0.717) is 13.0 Å². The molecule has 14 heavy (non-hydrogen) atoms. The predicted molar refractivity (Wildman–Crippen MR) is 51.9 cm³/mol. The minimum atomic E-state index is -3.19. The Morgan fingerprint density at radius 1 is 1.71 bits per heavy atom. The third-order valence-corrected chi connectivity index (χ3v) is 2.72. The molecule has 0 radical (unpaired) electrons. The standard InChI is InChI=1S/C7H12N4O2S/c1-14(12,13)6-4-10-11(5-6)3-2-7(8)9/h4-5H,2-3H2,1H3,(H3,8,9). The first-order valence-electron chi connectivity index (χ1n) is 3.95. The molecule has 1 heterocycles. The summed E-state index contributed by atoms with van der Waals surface area (Å²) in [6, 6.07) is 0. The van der Waals surface area contributed by atoms with Crippen LogP contribution < -0.4 is 5.73 Å². The molecule has 0 aliphatic rings. The molecule has 0 aromatic carbocycles. The van der Waals surface area contributed by atoms with Crippen LogP contribution in [0.1, 0.15) is 6.42 Å². The van der Waals surface area contributed by atoms with E-state index in [9.17, 15) is 8.42 Å². The van der Waals surface area contributed by atoms with E-state index in [1.807, 2.05) is 0 Å². The van der Waals surface area contributed by atoms with Crippen LogP contribution in [0.5, 0.6) is 0 Å². The maximum atomic E-state index is 11.1. The molecule has 0 spiro atoms. The normalized spacial score (nSPS) is 11.5. The molecule has 1 aromatic rings. The molecule has 6 nitrogen and oxygen atoms in total. The van der Waals surface area contributed by atoms with Crippen molar-refractivity contribution < 1.29 is 8.42 Å². The Bertz CT molecular complexity index is 434. The van der Waals surface area contributed by atoms with Crippen molar-refractivity contribution in [3.05, 3.63) is 12.4 Å². The fourth-order valence-electron chi connectivity index (χ4n) is 0.893. The second kappa shape index (κ2) is 3.79. The smallest absolute Gasteiger partial charge is 0.178 e. The zero-order chi connectivity index (χ0) is 10.8. The molecule has 0 amide bonds. The zero-order valence-electron chi connectivity index (χ0n) is 7.77. The maximum absolute atomic E-state index is 11.1. The monoisotopic (exact) mass is 216 g/mol. The highest BCUT2D eigenvalue weighted by Gasteiger charge is 2.09. The summed E-state index contributed by atoms with van der Waals surface area (Å²) in [4.78, 5) is 0.182. The van der Waals surface area contributed by atoms with Gasteiger partial charge in [0.05, 0.1) is 12.0 Å². The van der Waals surface area contributed by atoms with Gasteiger partial charge < -0.3 is 5.73 Å². The Balaban J connectivity index is 2.74. The third-order valence-electron chi connectivity index (χ3n) is 1.65. The van der Waals surface area contributed by atoms with Gasteiger partial charge >= 0.3 is 0 Å². The molecule has 1 rings (SSSR count). The zero-order valence-corrected chi connectivity index (χ0v) is 8.58. The first-order valence-corrected chi connectivity index (χ1v) is 5.84. The highest BCUT2D eigenvalue weighted by atomic mass is 32.2. The van der Waals surface area contributed by atoms with Crippen molar-refractivity contribution in [3.8, 4) is 0 Å². The van der Waals surface area contributed by atoms with Gasteiger partial charge in [-0.1, -0.05) is 0 Å². The molecule has 1 aromatic heterocycles. The Kier molecular flexibility index (Phi) is 2.90. The van der Waals surface area contributed by atoms with Gasteiger partial charge in [0.1, 0.15) is 4.90 Å². The molecule has 0 saturated heterocycles. The summed E-state index contributed by atoms with van der Waals surface area (Å²) >= 11 is 0. The Morgan fingerprint density at radius 2 is 2.36 bits per heavy atom. The molecule has 0 unspecified atom stereocenters. The van der Waals surface area contributed by atoms with Crippen LogP contribution in [-0.2, 0) is 16.4 Å². The van der Waals surface area contributed by atoms with Crippen molar-refractivity contribution in [1.82, 2.24) is 9.78 Å². The van der Waals surface area contributed by atoms with Crippen LogP contribution in [0.4, 0.5) is 0 Å². The van der Waals surface area contributed by atoms with Crippen molar-refractivity contribution in [2.75, 3.05) is 6.26 Å². The maximum Gasteiger partial charge on any atom is 0.178 e. The van der Waals surface area contributed by atoms with Crippen molar-refractivity contribution >= 4 is 15.7 Å². The van der Waals surface area contributed by atoms with E-state index < -0.39 is 9.84 Å². The van der Waals surface area contributed by atoms with Crippen molar-refractivity contribution in [2.24, 2.45) is 5.73 Å². The minimum absolute atomic E-state index is 0.0569. The molecule has 7 heteroatoms. The number of sulfone groups is 1. The van der Waals surface area contributed by atoms with Gasteiger partial charge in [-0.15, -0.1) is 0 Å². The number of nitrogens with one attached hydrogen (secondary N) is 1. The number of nitrogens with zero attached hydrogens (tertiary/aromatic N) is 2. The number of amidine groups is 1.